The van der Waals surface area contributed by atoms with E-state index in [0.717, 1.165) is 5.56 Å². The molecule has 1 atom stereocenters. The lowest BCUT2D eigenvalue weighted by molar-refractivity contribution is -0.139. The Bertz CT molecular complexity index is 409. The Hall–Kier alpha value is -2.11. The van der Waals surface area contributed by atoms with Crippen LogP contribution in [0.2, 0.25) is 0 Å². The average Bonchev–Trinajstić information content (AvgIpc) is 2.39. The molecular formula is C13H19N3O3. The van der Waals surface area contributed by atoms with E-state index < -0.39 is 18.0 Å². The SMILES string of the molecule is CCC[C@@H](NC(=O)NCCc1ccncc1)C(=O)O. The van der Waals surface area contributed by atoms with E-state index in [0.29, 0.717) is 25.8 Å². The first kappa shape index (κ1) is 14.9. The van der Waals surface area contributed by atoms with E-state index in [2.05, 4.69) is 15.6 Å². The van der Waals surface area contributed by atoms with Gasteiger partial charge in [0, 0.05) is 18.9 Å². The van der Waals surface area contributed by atoms with E-state index in [9.17, 15) is 9.59 Å². The van der Waals surface area contributed by atoms with Crippen LogP contribution in [0.1, 0.15) is 25.3 Å². The summed E-state index contributed by atoms with van der Waals surface area (Å²) in [6.45, 7) is 2.33. The van der Waals surface area contributed by atoms with Crippen LogP contribution in [0.25, 0.3) is 0 Å². The van der Waals surface area contributed by atoms with Crippen molar-refractivity contribution in [3.05, 3.63) is 30.1 Å². The van der Waals surface area contributed by atoms with Gasteiger partial charge in [-0.3, -0.25) is 4.98 Å². The van der Waals surface area contributed by atoms with Gasteiger partial charge in [0.2, 0.25) is 0 Å². The van der Waals surface area contributed by atoms with Crippen LogP contribution in [0.3, 0.4) is 0 Å². The maximum atomic E-state index is 11.5. The van der Waals surface area contributed by atoms with Gasteiger partial charge < -0.3 is 15.7 Å². The van der Waals surface area contributed by atoms with E-state index in [1.807, 2.05) is 19.1 Å². The number of carboxylic acid groups (broad SMARTS) is 1. The fourth-order valence-electron chi connectivity index (χ4n) is 1.63. The molecule has 0 saturated heterocycles. The number of hydrogen-bond donors (Lipinski definition) is 3. The van der Waals surface area contributed by atoms with E-state index >= 15 is 0 Å². The molecule has 0 bridgehead atoms. The van der Waals surface area contributed by atoms with Gasteiger partial charge in [-0.15, -0.1) is 0 Å². The summed E-state index contributed by atoms with van der Waals surface area (Å²) in [7, 11) is 0. The highest BCUT2D eigenvalue weighted by atomic mass is 16.4. The zero-order valence-corrected chi connectivity index (χ0v) is 10.9. The largest absolute Gasteiger partial charge is 0.480 e. The van der Waals surface area contributed by atoms with Crippen molar-refractivity contribution in [2.45, 2.75) is 32.2 Å². The molecule has 0 aromatic carbocycles. The summed E-state index contributed by atoms with van der Waals surface area (Å²) >= 11 is 0. The van der Waals surface area contributed by atoms with Crippen molar-refractivity contribution in [1.29, 1.82) is 0 Å². The zero-order valence-electron chi connectivity index (χ0n) is 10.9. The zero-order chi connectivity index (χ0) is 14.1. The van der Waals surface area contributed by atoms with Crippen LogP contribution in [0.4, 0.5) is 4.79 Å². The molecule has 0 aliphatic carbocycles. The van der Waals surface area contributed by atoms with Crippen LogP contribution in [0, 0.1) is 0 Å². The molecule has 0 unspecified atom stereocenters. The minimum absolute atomic E-state index is 0.424. The first-order valence-corrected chi connectivity index (χ1v) is 6.29. The maximum absolute atomic E-state index is 11.5. The molecule has 104 valence electrons. The number of carboxylic acids is 1. The number of pyridine rings is 1. The van der Waals surface area contributed by atoms with Crippen LogP contribution >= 0.6 is 0 Å². The molecule has 0 saturated carbocycles. The Labute approximate surface area is 112 Å². The van der Waals surface area contributed by atoms with Crippen LogP contribution in [-0.2, 0) is 11.2 Å². The van der Waals surface area contributed by atoms with Crippen LogP contribution in [0.5, 0.6) is 0 Å². The second kappa shape index (κ2) is 8.07. The number of rotatable bonds is 7. The Balaban J connectivity index is 2.29. The summed E-state index contributed by atoms with van der Waals surface area (Å²) in [5.41, 5.74) is 1.07. The number of nitrogens with one attached hydrogen (secondary N) is 2. The number of carbonyl (C=O) groups is 2. The number of hydrogen-bond acceptors (Lipinski definition) is 3. The monoisotopic (exact) mass is 265 g/mol. The Kier molecular flexibility index (Phi) is 6.35. The van der Waals surface area contributed by atoms with Crippen LogP contribution < -0.4 is 10.6 Å². The Morgan fingerprint density at radius 2 is 2.05 bits per heavy atom. The van der Waals surface area contributed by atoms with Gasteiger partial charge in [0.1, 0.15) is 6.04 Å². The molecular weight excluding hydrogens is 246 g/mol. The molecule has 1 aromatic heterocycles. The van der Waals surface area contributed by atoms with Gasteiger partial charge in [-0.2, -0.15) is 0 Å². The number of aromatic nitrogens is 1. The topological polar surface area (TPSA) is 91.3 Å². The molecule has 0 aliphatic rings. The maximum Gasteiger partial charge on any atom is 0.326 e. The molecule has 0 radical (unpaired) electrons. The van der Waals surface area contributed by atoms with Crippen LogP contribution in [-0.4, -0.2) is 34.7 Å². The van der Waals surface area contributed by atoms with Gasteiger partial charge in [-0.05, 0) is 30.5 Å². The summed E-state index contributed by atoms with van der Waals surface area (Å²) in [5, 5.41) is 14.0. The summed E-state index contributed by atoms with van der Waals surface area (Å²) in [6.07, 6.45) is 5.19. The third-order valence-corrected chi connectivity index (χ3v) is 2.63. The molecule has 6 nitrogen and oxygen atoms in total. The minimum Gasteiger partial charge on any atom is -0.480 e. The Morgan fingerprint density at radius 3 is 2.63 bits per heavy atom. The molecule has 1 heterocycles. The molecule has 2 amide bonds. The van der Waals surface area contributed by atoms with E-state index in [1.165, 1.54) is 0 Å². The highest BCUT2D eigenvalue weighted by Crippen LogP contribution is 1.97. The van der Waals surface area contributed by atoms with Crippen molar-refractivity contribution >= 4 is 12.0 Å². The molecule has 1 aromatic rings. The first-order valence-electron chi connectivity index (χ1n) is 6.29. The van der Waals surface area contributed by atoms with Gasteiger partial charge >= 0.3 is 12.0 Å². The molecule has 3 N–H and O–H groups in total. The van der Waals surface area contributed by atoms with Gasteiger partial charge in [-0.25, -0.2) is 9.59 Å². The molecule has 6 heteroatoms. The molecule has 0 fully saturated rings. The molecule has 0 spiro atoms. The quantitative estimate of drug-likeness (QED) is 0.690. The fraction of sp³-hybridized carbons (Fsp3) is 0.462. The van der Waals surface area contributed by atoms with Crippen molar-refractivity contribution in [3.8, 4) is 0 Å². The lowest BCUT2D eigenvalue weighted by Crippen LogP contribution is -2.46. The summed E-state index contributed by atoms with van der Waals surface area (Å²) in [6, 6.07) is 2.47. The van der Waals surface area contributed by atoms with Gasteiger partial charge in [0.25, 0.3) is 0 Å². The van der Waals surface area contributed by atoms with Crippen molar-refractivity contribution in [3.63, 3.8) is 0 Å². The third kappa shape index (κ3) is 5.85. The highest BCUT2D eigenvalue weighted by Gasteiger charge is 2.18. The standard InChI is InChI=1S/C13H19N3O3/c1-2-3-11(12(17)18)16-13(19)15-9-6-10-4-7-14-8-5-10/h4-5,7-8,11H,2-3,6,9H2,1H3,(H,17,18)(H2,15,16,19)/t11-/m1/s1. The summed E-state index contributed by atoms with van der Waals surface area (Å²) in [5.74, 6) is -1.01. The average molecular weight is 265 g/mol. The van der Waals surface area contributed by atoms with Gasteiger partial charge in [0.05, 0.1) is 0 Å². The summed E-state index contributed by atoms with van der Waals surface area (Å²) in [4.78, 5) is 26.3. The lowest BCUT2D eigenvalue weighted by Gasteiger charge is -2.14. The fourth-order valence-corrected chi connectivity index (χ4v) is 1.63. The molecule has 0 aliphatic heterocycles. The molecule has 19 heavy (non-hydrogen) atoms. The lowest BCUT2D eigenvalue weighted by atomic mass is 10.2. The second-order valence-electron chi connectivity index (χ2n) is 4.19. The third-order valence-electron chi connectivity index (χ3n) is 2.63. The van der Waals surface area contributed by atoms with Crippen molar-refractivity contribution in [1.82, 2.24) is 15.6 Å². The Morgan fingerprint density at radius 1 is 1.37 bits per heavy atom. The van der Waals surface area contributed by atoms with E-state index in [1.54, 1.807) is 12.4 Å². The molecule has 1 rings (SSSR count). The van der Waals surface area contributed by atoms with Gasteiger partial charge in [0.15, 0.2) is 0 Å². The van der Waals surface area contributed by atoms with E-state index in [-0.39, 0.29) is 0 Å². The predicted molar refractivity (Wildman–Crippen MR) is 70.8 cm³/mol. The number of carbonyl (C=O) groups excluding carboxylic acids is 1. The number of amides is 2. The number of nitrogens with zero attached hydrogens (tertiary/aromatic N) is 1. The van der Waals surface area contributed by atoms with Crippen molar-refractivity contribution in [2.24, 2.45) is 0 Å². The van der Waals surface area contributed by atoms with E-state index in [4.69, 9.17) is 5.11 Å². The first-order chi connectivity index (χ1) is 9.13. The predicted octanol–water partition coefficient (Wildman–Crippen LogP) is 1.18. The van der Waals surface area contributed by atoms with Crippen LogP contribution in [0.15, 0.2) is 24.5 Å². The van der Waals surface area contributed by atoms with Crippen molar-refractivity contribution < 1.29 is 14.7 Å². The summed E-state index contributed by atoms with van der Waals surface area (Å²) < 4.78 is 0. The number of urea groups is 1. The highest BCUT2D eigenvalue weighted by molar-refractivity contribution is 5.82. The van der Waals surface area contributed by atoms with Crippen molar-refractivity contribution in [2.75, 3.05) is 6.54 Å². The normalized spacial score (nSPS) is 11.6. The second-order valence-corrected chi connectivity index (χ2v) is 4.19. The van der Waals surface area contributed by atoms with Gasteiger partial charge in [-0.1, -0.05) is 13.3 Å². The smallest absolute Gasteiger partial charge is 0.326 e. The number of aliphatic carboxylic acids is 1. The minimum atomic E-state index is -1.01.